The second-order valence-electron chi connectivity index (χ2n) is 5.36. The standard InChI is InChI=1S/C17H22N2O3S/c1-13-11-15(14(2)18(13)8-6-10-22-3)16(20)12-23-17-7-4-5-9-19(17)21/h4-5,7,9,11H,6,8,10,12H2,1-3H3. The molecule has 0 spiro atoms. The van der Waals surface area contributed by atoms with E-state index in [0.29, 0.717) is 11.6 Å². The third-order valence-corrected chi connectivity index (χ3v) is 4.76. The van der Waals surface area contributed by atoms with Crippen molar-refractivity contribution < 1.29 is 14.3 Å². The van der Waals surface area contributed by atoms with E-state index in [2.05, 4.69) is 4.57 Å². The molecule has 0 fully saturated rings. The Hall–Kier alpha value is -1.79. The summed E-state index contributed by atoms with van der Waals surface area (Å²) in [4.78, 5) is 12.5. The Morgan fingerprint density at radius 2 is 2.17 bits per heavy atom. The van der Waals surface area contributed by atoms with Gasteiger partial charge in [-0.3, -0.25) is 4.79 Å². The second-order valence-corrected chi connectivity index (χ2v) is 6.35. The molecule has 0 aliphatic heterocycles. The van der Waals surface area contributed by atoms with Crippen LogP contribution in [0.2, 0.25) is 0 Å². The number of thioether (sulfide) groups is 1. The lowest BCUT2D eigenvalue weighted by Crippen LogP contribution is -2.28. The van der Waals surface area contributed by atoms with Crippen LogP contribution in [0.1, 0.15) is 28.2 Å². The molecule has 2 aromatic heterocycles. The van der Waals surface area contributed by atoms with Crippen molar-refractivity contribution in [3.05, 3.63) is 52.6 Å². The third kappa shape index (κ3) is 4.36. The predicted octanol–water partition coefficient (Wildman–Crippen LogP) is 2.75. The fourth-order valence-corrected chi connectivity index (χ4v) is 3.33. The summed E-state index contributed by atoms with van der Waals surface area (Å²) in [6.45, 7) is 5.51. The number of methoxy groups -OCH3 is 1. The first-order chi connectivity index (χ1) is 11.0. The van der Waals surface area contributed by atoms with Gasteiger partial charge in [0.2, 0.25) is 0 Å². The van der Waals surface area contributed by atoms with E-state index >= 15 is 0 Å². The number of rotatable bonds is 8. The monoisotopic (exact) mass is 334 g/mol. The average Bonchev–Trinajstić information content (AvgIpc) is 2.82. The molecule has 0 unspecified atom stereocenters. The Labute approximate surface area is 140 Å². The molecule has 0 amide bonds. The number of carbonyl (C=O) groups is 1. The Balaban J connectivity index is 2.05. The summed E-state index contributed by atoms with van der Waals surface area (Å²) in [6.07, 6.45) is 2.35. The summed E-state index contributed by atoms with van der Waals surface area (Å²) in [5, 5.41) is 12.1. The van der Waals surface area contributed by atoms with Gasteiger partial charge in [-0.15, -0.1) is 0 Å². The predicted molar refractivity (Wildman–Crippen MR) is 90.9 cm³/mol. The molecule has 0 saturated carbocycles. The van der Waals surface area contributed by atoms with Crippen molar-refractivity contribution in [1.82, 2.24) is 4.57 Å². The van der Waals surface area contributed by atoms with Crippen LogP contribution in [0, 0.1) is 19.1 Å². The summed E-state index contributed by atoms with van der Waals surface area (Å²) < 4.78 is 8.01. The lowest BCUT2D eigenvalue weighted by molar-refractivity contribution is -0.645. The zero-order valence-electron chi connectivity index (χ0n) is 13.7. The highest BCUT2D eigenvalue weighted by molar-refractivity contribution is 7.99. The maximum absolute atomic E-state index is 12.5. The van der Waals surface area contributed by atoms with Crippen LogP contribution in [0.15, 0.2) is 35.5 Å². The van der Waals surface area contributed by atoms with Gasteiger partial charge in [-0.2, -0.15) is 4.73 Å². The van der Waals surface area contributed by atoms with Gasteiger partial charge < -0.3 is 14.5 Å². The quantitative estimate of drug-likeness (QED) is 0.245. The first-order valence-electron chi connectivity index (χ1n) is 7.54. The van der Waals surface area contributed by atoms with Gasteiger partial charge in [-0.1, -0.05) is 0 Å². The molecule has 0 radical (unpaired) electrons. The molecule has 2 rings (SSSR count). The normalized spacial score (nSPS) is 10.9. The van der Waals surface area contributed by atoms with Gasteiger partial charge in [0.15, 0.2) is 12.0 Å². The van der Waals surface area contributed by atoms with Gasteiger partial charge in [-0.25, -0.2) is 0 Å². The second kappa shape index (κ2) is 8.17. The Kier molecular flexibility index (Phi) is 6.24. The molecule has 2 heterocycles. The number of Topliss-reactive ketones (excluding diaryl/α,β-unsaturated/α-hetero) is 1. The van der Waals surface area contributed by atoms with E-state index in [1.165, 1.54) is 18.0 Å². The van der Waals surface area contributed by atoms with Crippen LogP contribution < -0.4 is 4.73 Å². The molecule has 5 nitrogen and oxygen atoms in total. The number of ether oxygens (including phenoxy) is 1. The first-order valence-corrected chi connectivity index (χ1v) is 8.53. The maximum Gasteiger partial charge on any atom is 0.251 e. The minimum absolute atomic E-state index is 0.0462. The van der Waals surface area contributed by atoms with E-state index in [4.69, 9.17) is 4.74 Å². The molecule has 23 heavy (non-hydrogen) atoms. The third-order valence-electron chi connectivity index (χ3n) is 3.74. The smallest absolute Gasteiger partial charge is 0.251 e. The molecule has 0 saturated heterocycles. The number of hydrogen-bond acceptors (Lipinski definition) is 4. The lowest BCUT2D eigenvalue weighted by Gasteiger charge is -2.09. The number of aromatic nitrogens is 2. The zero-order chi connectivity index (χ0) is 16.8. The van der Waals surface area contributed by atoms with Crippen LogP contribution >= 0.6 is 11.8 Å². The van der Waals surface area contributed by atoms with Crippen LogP contribution in [0.25, 0.3) is 0 Å². The number of aryl methyl sites for hydroxylation is 1. The molecule has 2 aromatic rings. The van der Waals surface area contributed by atoms with Gasteiger partial charge in [0, 0.05) is 49.3 Å². The molecule has 0 atom stereocenters. The summed E-state index contributed by atoms with van der Waals surface area (Å²) in [6, 6.07) is 7.12. The van der Waals surface area contributed by atoms with Crippen molar-refractivity contribution in [1.29, 1.82) is 0 Å². The topological polar surface area (TPSA) is 58.2 Å². The molecule has 0 aliphatic rings. The van der Waals surface area contributed by atoms with Crippen LogP contribution in [0.3, 0.4) is 0 Å². The molecule has 0 aliphatic carbocycles. The summed E-state index contributed by atoms with van der Waals surface area (Å²) in [5.41, 5.74) is 2.79. The summed E-state index contributed by atoms with van der Waals surface area (Å²) in [7, 11) is 1.69. The van der Waals surface area contributed by atoms with E-state index in [9.17, 15) is 10.0 Å². The van der Waals surface area contributed by atoms with Crippen molar-refractivity contribution in [2.45, 2.75) is 31.8 Å². The fraction of sp³-hybridized carbons (Fsp3) is 0.412. The summed E-state index contributed by atoms with van der Waals surface area (Å²) >= 11 is 1.27. The SMILES string of the molecule is COCCCn1c(C)cc(C(=O)CSc2cccc[n+]2[O-])c1C. The Morgan fingerprint density at radius 3 is 2.87 bits per heavy atom. The van der Waals surface area contributed by atoms with Crippen molar-refractivity contribution in [3.63, 3.8) is 0 Å². The van der Waals surface area contributed by atoms with Crippen LogP contribution in [0.4, 0.5) is 0 Å². The zero-order valence-corrected chi connectivity index (χ0v) is 14.6. The number of hydrogen-bond donors (Lipinski definition) is 0. The van der Waals surface area contributed by atoms with Gasteiger partial charge in [0.25, 0.3) is 5.03 Å². The maximum atomic E-state index is 12.5. The fourth-order valence-electron chi connectivity index (χ4n) is 2.54. The van der Waals surface area contributed by atoms with E-state index in [1.807, 2.05) is 19.9 Å². The highest BCUT2D eigenvalue weighted by Crippen LogP contribution is 2.20. The molecule has 6 heteroatoms. The van der Waals surface area contributed by atoms with Crippen LogP contribution in [-0.4, -0.2) is 29.8 Å². The Morgan fingerprint density at radius 1 is 1.39 bits per heavy atom. The van der Waals surface area contributed by atoms with Crippen molar-refractivity contribution in [2.75, 3.05) is 19.5 Å². The molecule has 0 bridgehead atoms. The van der Waals surface area contributed by atoms with E-state index in [1.54, 1.807) is 25.3 Å². The van der Waals surface area contributed by atoms with Gasteiger partial charge >= 0.3 is 0 Å². The number of carbonyl (C=O) groups excluding carboxylic acids is 1. The van der Waals surface area contributed by atoms with Gasteiger partial charge in [0.1, 0.15) is 0 Å². The van der Waals surface area contributed by atoms with Crippen molar-refractivity contribution in [2.24, 2.45) is 0 Å². The average molecular weight is 334 g/mol. The minimum atomic E-state index is 0.0462. The molecule has 0 aromatic carbocycles. The van der Waals surface area contributed by atoms with E-state index in [-0.39, 0.29) is 11.5 Å². The number of ketones is 1. The van der Waals surface area contributed by atoms with Crippen molar-refractivity contribution >= 4 is 17.5 Å². The molecule has 124 valence electrons. The first kappa shape index (κ1) is 17.6. The van der Waals surface area contributed by atoms with Crippen LogP contribution in [0.5, 0.6) is 0 Å². The Bertz CT molecular complexity index is 682. The van der Waals surface area contributed by atoms with E-state index < -0.39 is 0 Å². The summed E-state index contributed by atoms with van der Waals surface area (Å²) in [5.74, 6) is 0.305. The molecular weight excluding hydrogens is 312 g/mol. The van der Waals surface area contributed by atoms with Crippen molar-refractivity contribution in [3.8, 4) is 0 Å². The lowest BCUT2D eigenvalue weighted by atomic mass is 10.2. The molecular formula is C17H22N2O3S. The van der Waals surface area contributed by atoms with E-state index in [0.717, 1.165) is 34.6 Å². The highest BCUT2D eigenvalue weighted by atomic mass is 32.2. The number of nitrogens with zero attached hydrogens (tertiary/aromatic N) is 2. The van der Waals surface area contributed by atoms with Gasteiger partial charge in [0.05, 0.1) is 5.75 Å². The molecule has 0 N–H and O–H groups in total. The number of pyridine rings is 1. The minimum Gasteiger partial charge on any atom is -0.618 e. The van der Waals surface area contributed by atoms with Crippen LogP contribution in [-0.2, 0) is 11.3 Å². The van der Waals surface area contributed by atoms with Gasteiger partial charge in [-0.05, 0) is 44.2 Å². The highest BCUT2D eigenvalue weighted by Gasteiger charge is 2.17. The largest absolute Gasteiger partial charge is 0.618 e.